The van der Waals surface area contributed by atoms with Gasteiger partial charge in [0.25, 0.3) is 0 Å². The van der Waals surface area contributed by atoms with Gasteiger partial charge >= 0.3 is 11.7 Å². The zero-order valence-electron chi connectivity index (χ0n) is 30.2. The quantitative estimate of drug-likeness (QED) is 0.119. The molecular formula is C38H57Cl2FN4O5. The average molecular weight is 740 g/mol. The van der Waals surface area contributed by atoms with E-state index in [4.69, 9.17) is 14.2 Å². The van der Waals surface area contributed by atoms with Gasteiger partial charge in [-0.2, -0.15) is 0 Å². The Morgan fingerprint density at radius 2 is 1.66 bits per heavy atom. The number of hydrogen-bond donors (Lipinski definition) is 0. The minimum atomic E-state index is -0.669. The summed E-state index contributed by atoms with van der Waals surface area (Å²) in [5.41, 5.74) is 3.54. The molecule has 280 valence electrons. The number of carbonyl (C=O) groups is 1. The third kappa shape index (κ3) is 10.3. The maximum Gasteiger partial charge on any atom is 0.332 e. The Hall–Kier alpha value is -2.47. The van der Waals surface area contributed by atoms with Crippen LogP contribution in [0.4, 0.5) is 4.39 Å². The lowest BCUT2D eigenvalue weighted by molar-refractivity contribution is -0.172. The number of ether oxygens (including phenoxy) is 3. The SMILES string of the molecule is COCC(=O)O[C@]1(CCN(C)CCCCCCn2c(=O)n(CCN3CCOCC3)c3ccccc32)CCc2cc(F)ccc2[C@@H]1C(C)C.Cl.Cl. The van der Waals surface area contributed by atoms with Crippen molar-refractivity contribution in [2.24, 2.45) is 5.92 Å². The fraction of sp³-hybridized carbons (Fsp3) is 0.632. The van der Waals surface area contributed by atoms with Gasteiger partial charge in [0, 0.05) is 58.7 Å². The molecule has 0 spiro atoms. The number of esters is 1. The molecule has 3 aromatic rings. The summed E-state index contributed by atoms with van der Waals surface area (Å²) in [4.78, 5) is 31.0. The van der Waals surface area contributed by atoms with Crippen molar-refractivity contribution < 1.29 is 23.4 Å². The number of hydrogen-bond acceptors (Lipinski definition) is 7. The standard InChI is InChI=1S/C38H55FN4O5.2ClH/c1-29(2)36-32-14-13-31(39)27-30(32)15-16-38(36,48-35(44)28-46-4)17-20-40(3)18-9-5-6-10-19-42-33-11-7-8-12-34(33)43(37(42)45)22-21-41-23-25-47-26-24-41;;/h7-8,11-14,27,29,36H,5-6,9-10,15-26,28H2,1-4H3;2*1H/t36-,38-;;/m0../s1. The molecule has 1 aliphatic heterocycles. The first-order chi connectivity index (χ1) is 23.2. The van der Waals surface area contributed by atoms with Crippen molar-refractivity contribution in [3.8, 4) is 0 Å². The zero-order valence-corrected chi connectivity index (χ0v) is 31.9. The van der Waals surface area contributed by atoms with Crippen LogP contribution in [0.2, 0.25) is 0 Å². The van der Waals surface area contributed by atoms with Gasteiger partial charge in [-0.05, 0) is 80.6 Å². The number of halogens is 3. The highest BCUT2D eigenvalue weighted by molar-refractivity contribution is 5.85. The lowest BCUT2D eigenvalue weighted by atomic mass is 9.65. The highest BCUT2D eigenvalue weighted by Gasteiger charge is 2.47. The molecule has 2 aliphatic rings. The lowest BCUT2D eigenvalue weighted by Crippen LogP contribution is -2.49. The van der Waals surface area contributed by atoms with Crippen LogP contribution in [-0.2, 0) is 38.5 Å². The van der Waals surface area contributed by atoms with Gasteiger partial charge in [-0.3, -0.25) is 14.0 Å². The number of fused-ring (bicyclic) bond motifs is 2. The predicted molar refractivity (Wildman–Crippen MR) is 202 cm³/mol. The first kappa shape index (κ1) is 41.9. The van der Waals surface area contributed by atoms with E-state index in [9.17, 15) is 14.0 Å². The number of morpholine rings is 1. The monoisotopic (exact) mass is 738 g/mol. The lowest BCUT2D eigenvalue weighted by Gasteiger charge is -2.47. The van der Waals surface area contributed by atoms with Gasteiger partial charge in [-0.25, -0.2) is 14.0 Å². The third-order valence-electron chi connectivity index (χ3n) is 10.3. The van der Waals surface area contributed by atoms with E-state index in [1.54, 1.807) is 6.07 Å². The number of para-hydroxylation sites is 2. The van der Waals surface area contributed by atoms with E-state index in [1.807, 2.05) is 27.3 Å². The third-order valence-corrected chi connectivity index (χ3v) is 10.3. The zero-order chi connectivity index (χ0) is 34.1. The van der Waals surface area contributed by atoms with Gasteiger partial charge in [0.2, 0.25) is 0 Å². The molecular weight excluding hydrogens is 682 g/mol. The van der Waals surface area contributed by atoms with E-state index in [-0.39, 0.29) is 60.7 Å². The molecule has 1 fully saturated rings. The molecule has 1 saturated heterocycles. The number of nitrogens with zero attached hydrogens (tertiary/aromatic N) is 4. The van der Waals surface area contributed by atoms with Crippen molar-refractivity contribution in [1.29, 1.82) is 0 Å². The minimum absolute atomic E-state index is 0. The maximum absolute atomic E-state index is 14.1. The van der Waals surface area contributed by atoms with Crippen LogP contribution in [0.25, 0.3) is 11.0 Å². The van der Waals surface area contributed by atoms with Gasteiger partial charge in [-0.15, -0.1) is 24.8 Å². The van der Waals surface area contributed by atoms with Gasteiger partial charge < -0.3 is 19.1 Å². The molecule has 0 saturated carbocycles. The number of imidazole rings is 1. The Morgan fingerprint density at radius 1 is 0.980 bits per heavy atom. The molecule has 0 N–H and O–H groups in total. The van der Waals surface area contributed by atoms with E-state index in [1.165, 1.54) is 13.2 Å². The highest BCUT2D eigenvalue weighted by Crippen LogP contribution is 2.48. The number of aromatic nitrogens is 2. The normalized spacial score (nSPS) is 19.3. The molecule has 1 aromatic heterocycles. The molecule has 0 bridgehead atoms. The Bertz CT molecular complexity index is 1560. The average Bonchev–Trinajstić information content (AvgIpc) is 3.34. The second-order valence-corrected chi connectivity index (χ2v) is 14.0. The first-order valence-corrected chi connectivity index (χ1v) is 17.9. The molecule has 50 heavy (non-hydrogen) atoms. The fourth-order valence-electron chi connectivity index (χ4n) is 7.93. The smallest absolute Gasteiger partial charge is 0.332 e. The Morgan fingerprint density at radius 3 is 2.34 bits per heavy atom. The van der Waals surface area contributed by atoms with Crippen LogP contribution >= 0.6 is 24.8 Å². The number of rotatable bonds is 17. The number of benzene rings is 2. The molecule has 1 aliphatic carbocycles. The summed E-state index contributed by atoms with van der Waals surface area (Å²) in [5.74, 6) is -0.389. The van der Waals surface area contributed by atoms with Crippen molar-refractivity contribution in [2.75, 3.05) is 66.7 Å². The second kappa shape index (κ2) is 20.0. The van der Waals surface area contributed by atoms with E-state index in [0.717, 1.165) is 100 Å². The van der Waals surface area contributed by atoms with E-state index in [2.05, 4.69) is 42.8 Å². The number of carbonyl (C=O) groups excluding carboxylic acids is 1. The molecule has 12 heteroatoms. The minimum Gasteiger partial charge on any atom is -0.457 e. The van der Waals surface area contributed by atoms with Crippen LogP contribution < -0.4 is 5.69 Å². The van der Waals surface area contributed by atoms with E-state index >= 15 is 0 Å². The van der Waals surface area contributed by atoms with Crippen LogP contribution in [0, 0.1) is 11.7 Å². The summed E-state index contributed by atoms with van der Waals surface area (Å²) in [6, 6.07) is 13.2. The summed E-state index contributed by atoms with van der Waals surface area (Å²) in [7, 11) is 3.64. The van der Waals surface area contributed by atoms with Crippen molar-refractivity contribution in [1.82, 2.24) is 18.9 Å². The molecule has 0 unspecified atom stereocenters. The number of methoxy groups -OCH3 is 1. The van der Waals surface area contributed by atoms with Gasteiger partial charge in [0.05, 0.1) is 24.2 Å². The summed E-state index contributed by atoms with van der Waals surface area (Å²) < 4.78 is 34.9. The topological polar surface area (TPSA) is 78.2 Å². The van der Waals surface area contributed by atoms with Crippen LogP contribution in [-0.4, -0.2) is 97.2 Å². The number of aryl methyl sites for hydroxylation is 2. The van der Waals surface area contributed by atoms with E-state index < -0.39 is 5.60 Å². The fourth-order valence-corrected chi connectivity index (χ4v) is 7.93. The van der Waals surface area contributed by atoms with Gasteiger partial charge in [0.15, 0.2) is 0 Å². The Balaban J connectivity index is 0.00000338. The molecule has 2 heterocycles. The molecule has 0 amide bonds. The summed E-state index contributed by atoms with van der Waals surface area (Å²) in [6.45, 7) is 11.6. The Labute approximate surface area is 309 Å². The molecule has 9 nitrogen and oxygen atoms in total. The highest BCUT2D eigenvalue weighted by atomic mass is 35.5. The van der Waals surface area contributed by atoms with Crippen molar-refractivity contribution >= 4 is 41.8 Å². The summed E-state index contributed by atoms with van der Waals surface area (Å²) >= 11 is 0. The van der Waals surface area contributed by atoms with Crippen LogP contribution in [0.3, 0.4) is 0 Å². The van der Waals surface area contributed by atoms with Crippen LogP contribution in [0.15, 0.2) is 47.3 Å². The largest absolute Gasteiger partial charge is 0.457 e. The predicted octanol–water partition coefficient (Wildman–Crippen LogP) is 6.31. The van der Waals surface area contributed by atoms with Gasteiger partial charge in [0.1, 0.15) is 18.0 Å². The molecule has 5 rings (SSSR count). The van der Waals surface area contributed by atoms with Crippen molar-refractivity contribution in [3.05, 3.63) is 69.9 Å². The summed E-state index contributed by atoms with van der Waals surface area (Å²) in [5, 5.41) is 0. The Kier molecular flexibility index (Phi) is 16.7. The second-order valence-electron chi connectivity index (χ2n) is 14.0. The molecule has 0 radical (unpaired) electrons. The first-order valence-electron chi connectivity index (χ1n) is 17.9. The van der Waals surface area contributed by atoms with Crippen LogP contribution in [0.1, 0.15) is 69.4 Å². The van der Waals surface area contributed by atoms with Crippen molar-refractivity contribution in [3.63, 3.8) is 0 Å². The van der Waals surface area contributed by atoms with Crippen LogP contribution in [0.5, 0.6) is 0 Å². The van der Waals surface area contributed by atoms with E-state index in [0.29, 0.717) is 25.8 Å². The maximum atomic E-state index is 14.1. The molecule has 2 atom stereocenters. The van der Waals surface area contributed by atoms with Gasteiger partial charge in [-0.1, -0.05) is 44.9 Å². The number of unbranched alkanes of at least 4 members (excludes halogenated alkanes) is 3. The molecule has 2 aromatic carbocycles. The summed E-state index contributed by atoms with van der Waals surface area (Å²) in [6.07, 6.45) is 6.19. The van der Waals surface area contributed by atoms with Crippen molar-refractivity contribution in [2.45, 2.75) is 83.4 Å².